The number of hydrogen-bond acceptors (Lipinski definition) is 6. The van der Waals surface area contributed by atoms with Gasteiger partial charge >= 0.3 is 12.3 Å². The van der Waals surface area contributed by atoms with Crippen LogP contribution in [0.2, 0.25) is 0 Å². The Labute approximate surface area is 310 Å². The molecule has 0 saturated heterocycles. The molecule has 0 amide bonds. The number of unbranched alkanes of at least 4 members (excludes halogenated alkanes) is 24. The van der Waals surface area contributed by atoms with Crippen LogP contribution in [0.3, 0.4) is 0 Å². The van der Waals surface area contributed by atoms with Crippen LogP contribution in [0.25, 0.3) is 0 Å². The van der Waals surface area contributed by atoms with Crippen LogP contribution in [0.4, 0.5) is 9.59 Å². The van der Waals surface area contributed by atoms with Gasteiger partial charge in [-0.1, -0.05) is 195 Å². The summed E-state index contributed by atoms with van der Waals surface area (Å²) in [5.41, 5.74) is 0. The van der Waals surface area contributed by atoms with Crippen molar-refractivity contribution in [3.05, 3.63) is 0 Å². The van der Waals surface area contributed by atoms with E-state index in [0.717, 1.165) is 37.5 Å². The molecular formula is C44H84O6. The van der Waals surface area contributed by atoms with Crippen molar-refractivity contribution in [2.45, 2.75) is 245 Å². The predicted molar refractivity (Wildman–Crippen MR) is 210 cm³/mol. The second-order valence-electron chi connectivity index (χ2n) is 16.4. The minimum absolute atomic E-state index is 0.160. The van der Waals surface area contributed by atoms with Gasteiger partial charge in [0.2, 0.25) is 0 Å². The van der Waals surface area contributed by atoms with Crippen molar-refractivity contribution < 1.29 is 28.5 Å². The lowest BCUT2D eigenvalue weighted by atomic mass is 9.95. The fraction of sp³-hybridized carbons (Fsp3) is 0.955. The van der Waals surface area contributed by atoms with E-state index >= 15 is 0 Å². The van der Waals surface area contributed by atoms with E-state index in [9.17, 15) is 9.59 Å². The lowest BCUT2D eigenvalue weighted by molar-refractivity contribution is -0.0271. The van der Waals surface area contributed by atoms with Gasteiger partial charge in [0.05, 0.1) is 13.2 Å². The van der Waals surface area contributed by atoms with Crippen molar-refractivity contribution >= 4 is 12.3 Å². The van der Waals surface area contributed by atoms with E-state index < -0.39 is 12.3 Å². The maximum absolute atomic E-state index is 12.1. The molecular weight excluding hydrogens is 624 g/mol. The molecule has 6 heteroatoms. The van der Waals surface area contributed by atoms with Gasteiger partial charge in [0.15, 0.2) is 0 Å². The Hall–Kier alpha value is -1.46. The van der Waals surface area contributed by atoms with Crippen LogP contribution in [0.5, 0.6) is 0 Å². The maximum Gasteiger partial charge on any atom is 0.508 e. The first kappa shape index (κ1) is 46.6. The van der Waals surface area contributed by atoms with Crippen molar-refractivity contribution in [2.75, 3.05) is 13.2 Å². The number of carbonyl (C=O) groups is 2. The molecule has 296 valence electrons. The molecule has 0 atom stereocenters. The first-order valence-corrected chi connectivity index (χ1v) is 22.0. The molecule has 1 rings (SSSR count). The first-order valence-electron chi connectivity index (χ1n) is 22.0. The van der Waals surface area contributed by atoms with Crippen LogP contribution in [-0.4, -0.2) is 37.7 Å². The largest absolute Gasteiger partial charge is 0.508 e. The predicted octanol–water partition coefficient (Wildman–Crippen LogP) is 14.8. The topological polar surface area (TPSA) is 71.1 Å². The number of hydrogen-bond donors (Lipinski definition) is 0. The van der Waals surface area contributed by atoms with E-state index in [-0.39, 0.29) is 12.2 Å². The number of ether oxygens (including phenoxy) is 4. The van der Waals surface area contributed by atoms with E-state index in [1.807, 2.05) is 0 Å². The second kappa shape index (κ2) is 34.6. The fourth-order valence-corrected chi connectivity index (χ4v) is 7.12. The molecule has 1 aliphatic rings. The highest BCUT2D eigenvalue weighted by molar-refractivity contribution is 5.60. The average Bonchev–Trinajstić information content (AvgIpc) is 3.08. The average molecular weight is 709 g/mol. The third kappa shape index (κ3) is 32.4. The zero-order chi connectivity index (χ0) is 36.3. The lowest BCUT2D eigenvalue weighted by Gasteiger charge is -2.27. The summed E-state index contributed by atoms with van der Waals surface area (Å²) in [6.45, 7) is 10.1. The van der Waals surface area contributed by atoms with Gasteiger partial charge in [-0.15, -0.1) is 0 Å². The highest BCUT2D eigenvalue weighted by Crippen LogP contribution is 2.24. The molecule has 1 aliphatic carbocycles. The molecule has 0 aromatic carbocycles. The summed E-state index contributed by atoms with van der Waals surface area (Å²) in [7, 11) is 0. The Morgan fingerprint density at radius 2 is 0.600 bits per heavy atom. The highest BCUT2D eigenvalue weighted by Gasteiger charge is 2.27. The van der Waals surface area contributed by atoms with Crippen molar-refractivity contribution in [3.8, 4) is 0 Å². The smallest absolute Gasteiger partial charge is 0.434 e. The van der Waals surface area contributed by atoms with Gasteiger partial charge in [-0.05, 0) is 50.4 Å². The monoisotopic (exact) mass is 709 g/mol. The summed E-state index contributed by atoms with van der Waals surface area (Å²) in [6, 6.07) is 0. The van der Waals surface area contributed by atoms with E-state index in [1.54, 1.807) is 0 Å². The standard InChI is InChI=1S/C44H84O6/c1-39(2)31-27-23-19-15-11-7-5-9-13-17-21-25-29-37-47-43(45)49-41-33-35-42(36-34-41)50-44(46)48-38-30-26-22-18-14-10-6-8-12-16-20-24-28-32-40(3)4/h39-42H,5-38H2,1-4H3. The Bertz CT molecular complexity index is 683. The van der Waals surface area contributed by atoms with E-state index in [2.05, 4.69) is 27.7 Å². The third-order valence-electron chi connectivity index (χ3n) is 10.4. The summed E-state index contributed by atoms with van der Waals surface area (Å²) >= 11 is 0. The molecule has 0 unspecified atom stereocenters. The normalized spacial score (nSPS) is 16.2. The number of carbonyl (C=O) groups excluding carboxylic acids is 2. The minimum Gasteiger partial charge on any atom is -0.434 e. The third-order valence-corrected chi connectivity index (χ3v) is 10.4. The van der Waals surface area contributed by atoms with Crippen LogP contribution in [0.15, 0.2) is 0 Å². The molecule has 50 heavy (non-hydrogen) atoms. The zero-order valence-corrected chi connectivity index (χ0v) is 33.8. The molecule has 0 radical (unpaired) electrons. The Morgan fingerprint density at radius 1 is 0.380 bits per heavy atom. The number of rotatable bonds is 34. The van der Waals surface area contributed by atoms with Crippen molar-refractivity contribution in [2.24, 2.45) is 11.8 Å². The Balaban J connectivity index is 1.83. The van der Waals surface area contributed by atoms with Crippen LogP contribution in [-0.2, 0) is 18.9 Å². The van der Waals surface area contributed by atoms with Gasteiger partial charge in [0.25, 0.3) is 0 Å². The highest BCUT2D eigenvalue weighted by atomic mass is 16.7. The Kier molecular flexibility index (Phi) is 32.2. The van der Waals surface area contributed by atoms with Crippen molar-refractivity contribution in [1.82, 2.24) is 0 Å². The van der Waals surface area contributed by atoms with Crippen LogP contribution >= 0.6 is 0 Å². The van der Waals surface area contributed by atoms with Gasteiger partial charge in [-0.2, -0.15) is 0 Å². The van der Waals surface area contributed by atoms with E-state index in [1.165, 1.54) is 154 Å². The molecule has 0 N–H and O–H groups in total. The van der Waals surface area contributed by atoms with Gasteiger partial charge in [-0.3, -0.25) is 0 Å². The van der Waals surface area contributed by atoms with Gasteiger partial charge in [0, 0.05) is 0 Å². The summed E-state index contributed by atoms with van der Waals surface area (Å²) in [6.07, 6.45) is 38.0. The summed E-state index contributed by atoms with van der Waals surface area (Å²) in [4.78, 5) is 24.2. The fourth-order valence-electron chi connectivity index (χ4n) is 7.12. The second-order valence-corrected chi connectivity index (χ2v) is 16.4. The van der Waals surface area contributed by atoms with Gasteiger partial charge in [0.1, 0.15) is 12.2 Å². The molecule has 0 heterocycles. The first-order chi connectivity index (χ1) is 24.4. The molecule has 0 aliphatic heterocycles. The molecule has 1 fully saturated rings. The molecule has 0 aromatic rings. The van der Waals surface area contributed by atoms with Gasteiger partial charge in [-0.25, -0.2) is 9.59 Å². The lowest BCUT2D eigenvalue weighted by Crippen LogP contribution is -2.30. The van der Waals surface area contributed by atoms with Crippen LogP contribution in [0, 0.1) is 11.8 Å². The van der Waals surface area contributed by atoms with Crippen molar-refractivity contribution in [1.29, 1.82) is 0 Å². The van der Waals surface area contributed by atoms with Gasteiger partial charge < -0.3 is 18.9 Å². The quantitative estimate of drug-likeness (QED) is 0.0489. The molecule has 1 saturated carbocycles. The molecule has 0 spiro atoms. The van der Waals surface area contributed by atoms with Crippen LogP contribution < -0.4 is 0 Å². The minimum atomic E-state index is -0.563. The summed E-state index contributed by atoms with van der Waals surface area (Å²) in [5.74, 6) is 1.70. The van der Waals surface area contributed by atoms with E-state index in [4.69, 9.17) is 18.9 Å². The Morgan fingerprint density at radius 3 is 0.840 bits per heavy atom. The maximum atomic E-state index is 12.1. The van der Waals surface area contributed by atoms with Crippen LogP contribution in [0.1, 0.15) is 233 Å². The summed E-state index contributed by atoms with van der Waals surface area (Å²) < 4.78 is 21.6. The molecule has 0 aromatic heterocycles. The molecule has 6 nitrogen and oxygen atoms in total. The zero-order valence-electron chi connectivity index (χ0n) is 33.8. The summed E-state index contributed by atoms with van der Waals surface area (Å²) in [5, 5.41) is 0. The SMILES string of the molecule is CC(C)CCCCCCCCCCCCCCCOC(=O)OC1CCC(OC(=O)OCCCCCCCCCCCCCCCC(C)C)CC1. The van der Waals surface area contributed by atoms with E-state index in [0.29, 0.717) is 38.9 Å². The van der Waals surface area contributed by atoms with Crippen molar-refractivity contribution in [3.63, 3.8) is 0 Å². The molecule has 0 bridgehead atoms.